The van der Waals surface area contributed by atoms with Crippen LogP contribution in [0.4, 0.5) is 0 Å². The molecule has 114 valence electrons. The molecule has 6 heteroatoms. The van der Waals surface area contributed by atoms with E-state index in [0.717, 1.165) is 27.3 Å². The van der Waals surface area contributed by atoms with Crippen molar-refractivity contribution in [3.63, 3.8) is 0 Å². The Kier molecular flexibility index (Phi) is 5.45. The van der Waals surface area contributed by atoms with E-state index in [2.05, 4.69) is 0 Å². The van der Waals surface area contributed by atoms with Crippen molar-refractivity contribution >= 4 is 28.8 Å². The summed E-state index contributed by atoms with van der Waals surface area (Å²) in [7, 11) is 3.71. The fraction of sp³-hybridized carbons (Fsp3) is 0.400. The lowest BCUT2D eigenvalue weighted by molar-refractivity contribution is -0.131. The van der Waals surface area contributed by atoms with Crippen LogP contribution in [0.25, 0.3) is 0 Å². The van der Waals surface area contributed by atoms with E-state index in [1.807, 2.05) is 43.1 Å². The fourth-order valence-electron chi connectivity index (χ4n) is 2.00. The average molecular weight is 327 g/mol. The maximum absolute atomic E-state index is 12.2. The number of nitrogens with zero attached hydrogens (tertiary/aromatic N) is 2. The van der Waals surface area contributed by atoms with Gasteiger partial charge < -0.3 is 9.32 Å². The van der Waals surface area contributed by atoms with Gasteiger partial charge >= 0.3 is 0 Å². The molecule has 0 atom stereocenters. The molecule has 1 amide bonds. The van der Waals surface area contributed by atoms with E-state index in [0.29, 0.717) is 13.1 Å². The number of rotatable bonds is 6. The van der Waals surface area contributed by atoms with Crippen molar-refractivity contribution in [1.29, 1.82) is 0 Å². The molecule has 4 nitrogen and oxygen atoms in total. The Morgan fingerprint density at radius 3 is 2.57 bits per heavy atom. The van der Waals surface area contributed by atoms with E-state index in [-0.39, 0.29) is 5.91 Å². The van der Waals surface area contributed by atoms with Crippen molar-refractivity contribution < 1.29 is 9.21 Å². The van der Waals surface area contributed by atoms with Crippen LogP contribution >= 0.6 is 22.9 Å². The quantitative estimate of drug-likeness (QED) is 0.816. The Morgan fingerprint density at radius 2 is 2.00 bits per heavy atom. The second kappa shape index (κ2) is 7.11. The van der Waals surface area contributed by atoms with Gasteiger partial charge in [-0.25, -0.2) is 0 Å². The topological polar surface area (TPSA) is 36.7 Å². The zero-order valence-corrected chi connectivity index (χ0v) is 14.0. The number of halogens is 1. The third kappa shape index (κ3) is 4.88. The first-order valence-corrected chi connectivity index (χ1v) is 7.85. The van der Waals surface area contributed by atoms with Crippen LogP contribution in [-0.2, 0) is 17.9 Å². The number of likely N-dealkylation sites (N-methyl/N-ethyl adjacent to an activating group) is 2. The summed E-state index contributed by atoms with van der Waals surface area (Å²) in [5, 5.41) is 0. The highest BCUT2D eigenvalue weighted by Gasteiger charge is 2.14. The number of amides is 1. The van der Waals surface area contributed by atoms with Crippen LogP contribution < -0.4 is 0 Å². The highest BCUT2D eigenvalue weighted by atomic mass is 35.5. The van der Waals surface area contributed by atoms with Gasteiger partial charge in [-0.1, -0.05) is 11.6 Å². The molecule has 0 aliphatic carbocycles. The number of thiophene rings is 1. The van der Waals surface area contributed by atoms with Crippen LogP contribution in [0.3, 0.4) is 0 Å². The Hall–Kier alpha value is -1.30. The third-order valence-electron chi connectivity index (χ3n) is 3.07. The van der Waals surface area contributed by atoms with Gasteiger partial charge in [0.15, 0.2) is 0 Å². The lowest BCUT2D eigenvalue weighted by atomic mass is 10.3. The maximum atomic E-state index is 12.2. The number of furan rings is 1. The van der Waals surface area contributed by atoms with Crippen molar-refractivity contribution in [3.8, 4) is 0 Å². The second-order valence-electron chi connectivity index (χ2n) is 5.14. The standard InChI is InChI=1S/C15H19ClN2O2S/c1-11-4-5-12(20-11)8-18(3)15(19)10-17(2)9-13-6-7-14(16)21-13/h4-7H,8-10H2,1-3H3. The minimum absolute atomic E-state index is 0.0641. The predicted octanol–water partition coefficient (Wildman–Crippen LogP) is 3.39. The highest BCUT2D eigenvalue weighted by molar-refractivity contribution is 7.16. The molecule has 21 heavy (non-hydrogen) atoms. The number of carbonyl (C=O) groups excluding carboxylic acids is 1. The van der Waals surface area contributed by atoms with Gasteiger partial charge in [-0.05, 0) is 38.2 Å². The Labute approximate surface area is 133 Å². The highest BCUT2D eigenvalue weighted by Crippen LogP contribution is 2.22. The summed E-state index contributed by atoms with van der Waals surface area (Å²) in [6, 6.07) is 7.67. The molecule has 0 saturated heterocycles. The maximum Gasteiger partial charge on any atom is 0.236 e. The number of aryl methyl sites for hydroxylation is 1. The summed E-state index contributed by atoms with van der Waals surface area (Å²) in [4.78, 5) is 17.0. The van der Waals surface area contributed by atoms with Crippen molar-refractivity contribution in [2.75, 3.05) is 20.6 Å². The lowest BCUT2D eigenvalue weighted by Gasteiger charge is -2.20. The molecule has 2 aromatic rings. The molecule has 0 unspecified atom stereocenters. The van der Waals surface area contributed by atoms with Gasteiger partial charge in [0.25, 0.3) is 0 Å². The van der Waals surface area contributed by atoms with Crippen LogP contribution in [0, 0.1) is 6.92 Å². The minimum Gasteiger partial charge on any atom is -0.464 e. The van der Waals surface area contributed by atoms with Gasteiger partial charge in [0.05, 0.1) is 17.4 Å². The third-order valence-corrected chi connectivity index (χ3v) is 4.29. The Morgan fingerprint density at radius 1 is 1.24 bits per heavy atom. The summed E-state index contributed by atoms with van der Waals surface area (Å²) in [5.74, 6) is 1.72. The molecule has 0 N–H and O–H groups in total. The average Bonchev–Trinajstić information content (AvgIpc) is 2.98. The van der Waals surface area contributed by atoms with Gasteiger partial charge in [-0.3, -0.25) is 9.69 Å². The summed E-state index contributed by atoms with van der Waals surface area (Å²) in [6.45, 7) is 3.47. The monoisotopic (exact) mass is 326 g/mol. The largest absolute Gasteiger partial charge is 0.464 e. The normalized spacial score (nSPS) is 11.1. The van der Waals surface area contributed by atoms with Crippen molar-refractivity contribution in [1.82, 2.24) is 9.80 Å². The predicted molar refractivity (Wildman–Crippen MR) is 85.6 cm³/mol. The summed E-state index contributed by atoms with van der Waals surface area (Å²) in [6.07, 6.45) is 0. The second-order valence-corrected chi connectivity index (χ2v) is 6.94. The van der Waals surface area contributed by atoms with Crippen LogP contribution in [0.1, 0.15) is 16.4 Å². The van der Waals surface area contributed by atoms with E-state index in [4.69, 9.17) is 16.0 Å². The summed E-state index contributed by atoms with van der Waals surface area (Å²) >= 11 is 7.45. The van der Waals surface area contributed by atoms with Gasteiger partial charge in [-0.2, -0.15) is 0 Å². The molecular weight excluding hydrogens is 308 g/mol. The van der Waals surface area contributed by atoms with Crippen molar-refractivity contribution in [3.05, 3.63) is 45.0 Å². The SMILES string of the molecule is Cc1ccc(CN(C)C(=O)CN(C)Cc2ccc(Cl)s2)o1. The molecule has 2 aromatic heterocycles. The van der Waals surface area contributed by atoms with Crippen LogP contribution in [-0.4, -0.2) is 36.3 Å². The van der Waals surface area contributed by atoms with E-state index >= 15 is 0 Å². The summed E-state index contributed by atoms with van der Waals surface area (Å²) < 4.78 is 6.26. The minimum atomic E-state index is 0.0641. The Bertz CT molecular complexity index is 608. The van der Waals surface area contributed by atoms with E-state index in [1.54, 1.807) is 23.3 Å². The van der Waals surface area contributed by atoms with E-state index in [9.17, 15) is 4.79 Å². The molecule has 0 aliphatic heterocycles. The Balaban J connectivity index is 1.82. The van der Waals surface area contributed by atoms with Crippen LogP contribution in [0.2, 0.25) is 4.34 Å². The van der Waals surface area contributed by atoms with Gasteiger partial charge in [-0.15, -0.1) is 11.3 Å². The molecule has 0 aliphatic rings. The zero-order valence-electron chi connectivity index (χ0n) is 12.4. The molecule has 0 radical (unpaired) electrons. The fourth-order valence-corrected chi connectivity index (χ4v) is 3.17. The van der Waals surface area contributed by atoms with Crippen molar-refractivity contribution in [2.45, 2.75) is 20.0 Å². The van der Waals surface area contributed by atoms with Crippen LogP contribution in [0.5, 0.6) is 0 Å². The van der Waals surface area contributed by atoms with Gasteiger partial charge in [0, 0.05) is 18.5 Å². The first-order chi connectivity index (χ1) is 9.94. The van der Waals surface area contributed by atoms with Crippen molar-refractivity contribution in [2.24, 2.45) is 0 Å². The lowest BCUT2D eigenvalue weighted by Crippen LogP contribution is -2.35. The molecule has 0 fully saturated rings. The molecule has 2 heterocycles. The van der Waals surface area contributed by atoms with Crippen LogP contribution in [0.15, 0.2) is 28.7 Å². The van der Waals surface area contributed by atoms with E-state index in [1.165, 1.54) is 0 Å². The smallest absolute Gasteiger partial charge is 0.236 e. The van der Waals surface area contributed by atoms with Gasteiger partial charge in [0.1, 0.15) is 11.5 Å². The molecule has 0 aromatic carbocycles. The molecule has 0 spiro atoms. The first-order valence-electron chi connectivity index (χ1n) is 6.66. The number of hydrogen-bond donors (Lipinski definition) is 0. The number of carbonyl (C=O) groups is 1. The molecular formula is C15H19ClN2O2S. The molecule has 0 saturated carbocycles. The number of hydrogen-bond acceptors (Lipinski definition) is 4. The first kappa shape index (κ1) is 16.1. The summed E-state index contributed by atoms with van der Waals surface area (Å²) in [5.41, 5.74) is 0. The zero-order chi connectivity index (χ0) is 15.4. The van der Waals surface area contributed by atoms with E-state index < -0.39 is 0 Å². The van der Waals surface area contributed by atoms with Gasteiger partial charge in [0.2, 0.25) is 5.91 Å². The molecule has 0 bridgehead atoms. The molecule has 2 rings (SSSR count).